The van der Waals surface area contributed by atoms with Crippen LogP contribution in [0.2, 0.25) is 0 Å². The quantitative estimate of drug-likeness (QED) is 0.387. The van der Waals surface area contributed by atoms with Gasteiger partial charge in [0, 0.05) is 63.5 Å². The van der Waals surface area contributed by atoms with Crippen LogP contribution in [-0.4, -0.2) is 59.0 Å². The van der Waals surface area contributed by atoms with Crippen molar-refractivity contribution < 1.29 is 13.6 Å². The first-order chi connectivity index (χ1) is 14.8. The minimum Gasteiger partial charge on any atom is -0.370 e. The van der Waals surface area contributed by atoms with Gasteiger partial charge in [-0.25, -0.2) is 23.5 Å². The van der Waals surface area contributed by atoms with Gasteiger partial charge < -0.3 is 27.0 Å². The smallest absolute Gasteiger partial charge is 0.344 e. The van der Waals surface area contributed by atoms with Gasteiger partial charge in [0.25, 0.3) is 5.92 Å². The first kappa shape index (κ1) is 22.3. The fourth-order valence-electron chi connectivity index (χ4n) is 3.19. The van der Waals surface area contributed by atoms with Crippen molar-refractivity contribution in [1.82, 2.24) is 20.2 Å². The summed E-state index contributed by atoms with van der Waals surface area (Å²) in [6, 6.07) is 6.95. The Balaban J connectivity index is 1.49. The molecule has 1 aromatic heterocycles. The number of nitrogens with one attached hydrogen (secondary N) is 2. The van der Waals surface area contributed by atoms with Gasteiger partial charge >= 0.3 is 6.03 Å². The number of amides is 2. The number of anilines is 1. The molecule has 1 aliphatic heterocycles. The molecule has 11 heteroatoms. The molecule has 0 saturated carbocycles. The van der Waals surface area contributed by atoms with Gasteiger partial charge in [-0.2, -0.15) is 4.99 Å². The zero-order chi connectivity index (χ0) is 22.3. The topological polar surface area (TPSA) is 135 Å². The second-order valence-corrected chi connectivity index (χ2v) is 7.32. The number of urea groups is 1. The number of halogens is 2. The summed E-state index contributed by atoms with van der Waals surface area (Å²) in [5.74, 6) is -2.35. The second-order valence-electron chi connectivity index (χ2n) is 7.32. The summed E-state index contributed by atoms with van der Waals surface area (Å²) in [6.07, 6.45) is 3.23. The predicted octanol–water partition coefficient (Wildman–Crippen LogP) is 1.77. The monoisotopic (exact) mass is 432 g/mol. The van der Waals surface area contributed by atoms with E-state index in [4.69, 9.17) is 11.5 Å². The van der Waals surface area contributed by atoms with E-state index in [9.17, 15) is 13.6 Å². The largest absolute Gasteiger partial charge is 0.370 e. The standard InChI is InChI=1S/C20H26F2N8O/c21-20(22)4-7-30(8-5-20)9-6-25-18-26-12-16(13-27-18)15-3-1-2-14(10-15)11-28-19(31)29-17(23)24/h1-3,10,12-13H,4-9,11H2,(H,25,26,27)(H5,23,24,28,29,31). The zero-order valence-corrected chi connectivity index (χ0v) is 17.0. The third kappa shape index (κ3) is 7.14. The molecule has 3 rings (SSSR count). The van der Waals surface area contributed by atoms with Crippen molar-refractivity contribution in [3.05, 3.63) is 42.2 Å². The highest BCUT2D eigenvalue weighted by Gasteiger charge is 2.33. The molecule has 1 saturated heterocycles. The molecule has 9 nitrogen and oxygen atoms in total. The predicted molar refractivity (Wildman–Crippen MR) is 115 cm³/mol. The highest BCUT2D eigenvalue weighted by molar-refractivity contribution is 5.90. The number of aliphatic imine (C=N–C) groups is 1. The Morgan fingerprint density at radius 1 is 1.16 bits per heavy atom. The lowest BCUT2D eigenvalue weighted by Crippen LogP contribution is -2.41. The fourth-order valence-corrected chi connectivity index (χ4v) is 3.19. The Kier molecular flexibility index (Phi) is 7.29. The molecule has 0 aliphatic carbocycles. The van der Waals surface area contributed by atoms with Gasteiger partial charge in [0.05, 0.1) is 0 Å². The molecular weight excluding hydrogens is 406 g/mol. The van der Waals surface area contributed by atoms with E-state index in [0.717, 1.165) is 16.7 Å². The maximum absolute atomic E-state index is 13.2. The molecule has 2 aromatic rings. The zero-order valence-electron chi connectivity index (χ0n) is 17.0. The van der Waals surface area contributed by atoms with Crippen molar-refractivity contribution >= 4 is 17.9 Å². The molecule has 31 heavy (non-hydrogen) atoms. The van der Waals surface area contributed by atoms with Crippen LogP contribution in [0.5, 0.6) is 0 Å². The Bertz CT molecular complexity index is 906. The molecule has 0 radical (unpaired) electrons. The summed E-state index contributed by atoms with van der Waals surface area (Å²) in [5.41, 5.74) is 12.9. The highest BCUT2D eigenvalue weighted by atomic mass is 19.3. The van der Waals surface area contributed by atoms with Gasteiger partial charge in [-0.05, 0) is 17.2 Å². The number of guanidine groups is 1. The van der Waals surface area contributed by atoms with Gasteiger partial charge in [-0.1, -0.05) is 18.2 Å². The van der Waals surface area contributed by atoms with E-state index in [0.29, 0.717) is 32.1 Å². The molecule has 2 heterocycles. The normalized spacial score (nSPS) is 15.8. The summed E-state index contributed by atoms with van der Waals surface area (Å²) in [6.45, 7) is 2.31. The average Bonchev–Trinajstić information content (AvgIpc) is 2.74. The first-order valence-electron chi connectivity index (χ1n) is 9.94. The van der Waals surface area contributed by atoms with Gasteiger partial charge in [-0.15, -0.1) is 0 Å². The van der Waals surface area contributed by atoms with E-state index in [2.05, 4.69) is 25.6 Å². The highest BCUT2D eigenvalue weighted by Crippen LogP contribution is 2.27. The Hall–Kier alpha value is -3.34. The number of likely N-dealkylation sites (tertiary alicyclic amines) is 1. The Morgan fingerprint density at radius 3 is 2.55 bits per heavy atom. The van der Waals surface area contributed by atoms with Crippen molar-refractivity contribution in [3.63, 3.8) is 0 Å². The van der Waals surface area contributed by atoms with Crippen molar-refractivity contribution in [2.75, 3.05) is 31.5 Å². The minimum absolute atomic E-state index is 0.0881. The lowest BCUT2D eigenvalue weighted by Gasteiger charge is -2.31. The third-order valence-electron chi connectivity index (χ3n) is 4.89. The number of nitrogens with two attached hydrogens (primary N) is 2. The summed E-state index contributed by atoms with van der Waals surface area (Å²) >= 11 is 0. The van der Waals surface area contributed by atoms with Gasteiger partial charge in [0.15, 0.2) is 5.96 Å². The lowest BCUT2D eigenvalue weighted by atomic mass is 10.1. The molecule has 0 bridgehead atoms. The van der Waals surface area contributed by atoms with Crippen LogP contribution in [-0.2, 0) is 6.54 Å². The summed E-state index contributed by atoms with van der Waals surface area (Å²) in [5, 5.41) is 5.72. The molecule has 6 N–H and O–H groups in total. The number of piperidine rings is 1. The number of rotatable bonds is 7. The molecule has 1 fully saturated rings. The van der Waals surface area contributed by atoms with Crippen molar-refractivity contribution in [2.24, 2.45) is 16.5 Å². The maximum Gasteiger partial charge on any atom is 0.344 e. The molecule has 166 valence electrons. The number of nitrogens with zero attached hydrogens (tertiary/aromatic N) is 4. The number of carbonyl (C=O) groups excluding carboxylic acids is 1. The van der Waals surface area contributed by atoms with E-state index in [-0.39, 0.29) is 25.3 Å². The van der Waals surface area contributed by atoms with Crippen molar-refractivity contribution in [3.8, 4) is 11.1 Å². The van der Waals surface area contributed by atoms with Crippen LogP contribution in [0.3, 0.4) is 0 Å². The van der Waals surface area contributed by atoms with Crippen LogP contribution in [0.15, 0.2) is 41.7 Å². The van der Waals surface area contributed by atoms with E-state index >= 15 is 0 Å². The molecular formula is C20H26F2N8O. The average molecular weight is 432 g/mol. The van der Waals surface area contributed by atoms with Crippen molar-refractivity contribution in [2.45, 2.75) is 25.3 Å². The van der Waals surface area contributed by atoms with Gasteiger partial charge in [-0.3, -0.25) is 0 Å². The Morgan fingerprint density at radius 2 is 1.87 bits per heavy atom. The van der Waals surface area contributed by atoms with E-state index < -0.39 is 12.0 Å². The minimum atomic E-state index is -2.53. The first-order valence-corrected chi connectivity index (χ1v) is 9.94. The molecule has 0 spiro atoms. The van der Waals surface area contributed by atoms with Crippen LogP contribution < -0.4 is 22.1 Å². The van der Waals surface area contributed by atoms with E-state index in [1.807, 2.05) is 29.2 Å². The third-order valence-corrected chi connectivity index (χ3v) is 4.89. The van der Waals surface area contributed by atoms with Crippen LogP contribution in [0.4, 0.5) is 19.5 Å². The van der Waals surface area contributed by atoms with E-state index in [1.165, 1.54) is 0 Å². The van der Waals surface area contributed by atoms with Crippen LogP contribution in [0, 0.1) is 0 Å². The lowest BCUT2D eigenvalue weighted by molar-refractivity contribution is -0.0543. The molecule has 1 aromatic carbocycles. The van der Waals surface area contributed by atoms with Gasteiger partial charge in [0.1, 0.15) is 0 Å². The number of benzene rings is 1. The Labute approximate surface area is 178 Å². The SMILES string of the molecule is NC(N)=NC(=O)NCc1cccc(-c2cnc(NCCN3CCC(F)(F)CC3)nc2)c1. The number of alkyl halides is 2. The number of hydrogen-bond acceptors (Lipinski definition) is 5. The number of carbonyl (C=O) groups is 1. The molecule has 0 atom stereocenters. The molecule has 1 aliphatic rings. The molecule has 0 unspecified atom stereocenters. The van der Waals surface area contributed by atoms with Gasteiger partial charge in [0.2, 0.25) is 5.95 Å². The summed E-state index contributed by atoms with van der Waals surface area (Å²) in [7, 11) is 0. The van der Waals surface area contributed by atoms with Crippen molar-refractivity contribution in [1.29, 1.82) is 0 Å². The maximum atomic E-state index is 13.2. The molecule has 2 amide bonds. The summed E-state index contributed by atoms with van der Waals surface area (Å²) < 4.78 is 26.4. The number of aromatic nitrogens is 2. The fraction of sp³-hybridized carbons (Fsp3) is 0.400. The van der Waals surface area contributed by atoms with Crippen LogP contribution in [0.1, 0.15) is 18.4 Å². The summed E-state index contributed by atoms with van der Waals surface area (Å²) in [4.78, 5) is 25.6. The van der Waals surface area contributed by atoms with Crippen LogP contribution >= 0.6 is 0 Å². The van der Waals surface area contributed by atoms with E-state index in [1.54, 1.807) is 12.4 Å². The second kappa shape index (κ2) is 10.1. The van der Waals surface area contributed by atoms with Crippen LogP contribution in [0.25, 0.3) is 11.1 Å². The number of hydrogen-bond donors (Lipinski definition) is 4.